The molecular formula is C16H17NO3. The minimum absolute atomic E-state index is 0.0984. The minimum Gasteiger partial charge on any atom is -0.478 e. The standard InChI is InChI=1S/C16H17NO3/c1-12(18)7-9-17-10-8-14(16(19)20)15(17)11-13-5-3-2-4-6-13/h2-6,8,10H,7,9,11H2,1H3,(H,19,20). The Morgan fingerprint density at radius 3 is 2.45 bits per heavy atom. The van der Waals surface area contributed by atoms with Gasteiger partial charge in [-0.05, 0) is 18.6 Å². The lowest BCUT2D eigenvalue weighted by molar-refractivity contribution is -0.117. The number of carboxylic acid groups (broad SMARTS) is 1. The van der Waals surface area contributed by atoms with Crippen molar-refractivity contribution in [1.82, 2.24) is 4.57 Å². The van der Waals surface area contributed by atoms with Gasteiger partial charge in [0.2, 0.25) is 0 Å². The van der Waals surface area contributed by atoms with Crippen molar-refractivity contribution in [2.75, 3.05) is 0 Å². The summed E-state index contributed by atoms with van der Waals surface area (Å²) in [5.41, 5.74) is 2.10. The monoisotopic (exact) mass is 271 g/mol. The molecule has 0 bridgehead atoms. The van der Waals surface area contributed by atoms with Crippen LogP contribution in [0.2, 0.25) is 0 Å². The van der Waals surface area contributed by atoms with E-state index in [4.69, 9.17) is 0 Å². The molecule has 0 saturated carbocycles. The van der Waals surface area contributed by atoms with Gasteiger partial charge in [-0.25, -0.2) is 4.79 Å². The lowest BCUT2D eigenvalue weighted by atomic mass is 10.1. The molecule has 4 nitrogen and oxygen atoms in total. The van der Waals surface area contributed by atoms with Crippen LogP contribution >= 0.6 is 0 Å². The fraction of sp³-hybridized carbons (Fsp3) is 0.250. The van der Waals surface area contributed by atoms with Crippen molar-refractivity contribution in [1.29, 1.82) is 0 Å². The smallest absolute Gasteiger partial charge is 0.337 e. The van der Waals surface area contributed by atoms with Gasteiger partial charge in [-0.2, -0.15) is 0 Å². The predicted molar refractivity (Wildman–Crippen MR) is 75.9 cm³/mol. The maximum absolute atomic E-state index is 11.3. The highest BCUT2D eigenvalue weighted by Gasteiger charge is 2.15. The fourth-order valence-corrected chi connectivity index (χ4v) is 2.17. The van der Waals surface area contributed by atoms with E-state index < -0.39 is 5.97 Å². The van der Waals surface area contributed by atoms with Gasteiger partial charge in [0, 0.05) is 31.3 Å². The van der Waals surface area contributed by atoms with Gasteiger partial charge in [-0.3, -0.25) is 4.79 Å². The Morgan fingerprint density at radius 2 is 1.85 bits per heavy atom. The Labute approximate surface area is 117 Å². The van der Waals surface area contributed by atoms with E-state index in [1.807, 2.05) is 34.9 Å². The summed E-state index contributed by atoms with van der Waals surface area (Å²) in [7, 11) is 0. The van der Waals surface area contributed by atoms with Crippen LogP contribution in [0, 0.1) is 0 Å². The lowest BCUT2D eigenvalue weighted by Gasteiger charge is -2.10. The van der Waals surface area contributed by atoms with E-state index in [0.717, 1.165) is 11.3 Å². The first-order valence-electron chi connectivity index (χ1n) is 6.52. The van der Waals surface area contributed by atoms with Crippen LogP contribution in [-0.4, -0.2) is 21.4 Å². The van der Waals surface area contributed by atoms with Gasteiger partial charge in [-0.15, -0.1) is 0 Å². The lowest BCUT2D eigenvalue weighted by Crippen LogP contribution is -2.09. The molecule has 0 atom stereocenters. The SMILES string of the molecule is CC(=O)CCn1ccc(C(=O)O)c1Cc1ccccc1. The van der Waals surface area contributed by atoms with E-state index in [-0.39, 0.29) is 5.78 Å². The topological polar surface area (TPSA) is 59.3 Å². The quantitative estimate of drug-likeness (QED) is 0.878. The van der Waals surface area contributed by atoms with Gasteiger partial charge >= 0.3 is 5.97 Å². The van der Waals surface area contributed by atoms with Crippen molar-refractivity contribution in [3.63, 3.8) is 0 Å². The normalized spacial score (nSPS) is 10.4. The zero-order valence-corrected chi connectivity index (χ0v) is 11.4. The number of carboxylic acids is 1. The first kappa shape index (κ1) is 14.1. The number of benzene rings is 1. The van der Waals surface area contributed by atoms with Gasteiger partial charge in [0.25, 0.3) is 0 Å². The third-order valence-corrected chi connectivity index (χ3v) is 3.23. The number of aryl methyl sites for hydroxylation is 1. The van der Waals surface area contributed by atoms with Crippen LogP contribution in [0.3, 0.4) is 0 Å². The molecule has 0 saturated heterocycles. The van der Waals surface area contributed by atoms with E-state index in [2.05, 4.69) is 0 Å². The summed E-state index contributed by atoms with van der Waals surface area (Å²) in [5.74, 6) is -0.834. The van der Waals surface area contributed by atoms with Gasteiger partial charge in [0.15, 0.2) is 0 Å². The first-order chi connectivity index (χ1) is 9.58. The van der Waals surface area contributed by atoms with Crippen LogP contribution in [-0.2, 0) is 17.8 Å². The first-order valence-corrected chi connectivity index (χ1v) is 6.52. The summed E-state index contributed by atoms with van der Waals surface area (Å²) in [6.07, 6.45) is 2.70. The van der Waals surface area contributed by atoms with Crippen molar-refractivity contribution in [3.05, 3.63) is 59.4 Å². The molecule has 0 radical (unpaired) electrons. The zero-order chi connectivity index (χ0) is 14.5. The molecule has 2 aromatic rings. The number of carbonyl (C=O) groups is 2. The molecule has 2 rings (SSSR count). The largest absolute Gasteiger partial charge is 0.478 e. The van der Waals surface area contributed by atoms with Crippen molar-refractivity contribution in [3.8, 4) is 0 Å². The Kier molecular flexibility index (Phi) is 4.35. The molecule has 0 unspecified atom stereocenters. The molecule has 0 fully saturated rings. The summed E-state index contributed by atoms with van der Waals surface area (Å²) in [6, 6.07) is 11.3. The highest BCUT2D eigenvalue weighted by atomic mass is 16.4. The number of hydrogen-bond acceptors (Lipinski definition) is 2. The van der Waals surface area contributed by atoms with E-state index in [9.17, 15) is 14.7 Å². The molecule has 1 heterocycles. The van der Waals surface area contributed by atoms with Crippen LogP contribution in [0.4, 0.5) is 0 Å². The molecule has 1 aromatic heterocycles. The molecule has 0 amide bonds. The van der Waals surface area contributed by atoms with Gasteiger partial charge in [0.1, 0.15) is 5.78 Å². The average molecular weight is 271 g/mol. The summed E-state index contributed by atoms with van der Waals surface area (Å²) in [4.78, 5) is 22.4. The number of carbonyl (C=O) groups excluding carboxylic acids is 1. The summed E-state index contributed by atoms with van der Waals surface area (Å²) < 4.78 is 1.86. The molecule has 1 aromatic carbocycles. The van der Waals surface area contributed by atoms with Crippen LogP contribution in [0.5, 0.6) is 0 Å². The number of aromatic carboxylic acids is 1. The maximum atomic E-state index is 11.3. The van der Waals surface area contributed by atoms with Gasteiger partial charge < -0.3 is 9.67 Å². The molecule has 20 heavy (non-hydrogen) atoms. The van der Waals surface area contributed by atoms with Crippen molar-refractivity contribution in [2.45, 2.75) is 26.3 Å². The van der Waals surface area contributed by atoms with E-state index >= 15 is 0 Å². The number of ketones is 1. The second-order valence-corrected chi connectivity index (χ2v) is 4.79. The summed E-state index contributed by atoms with van der Waals surface area (Å²) >= 11 is 0. The number of rotatable bonds is 6. The van der Waals surface area contributed by atoms with Gasteiger partial charge in [-0.1, -0.05) is 30.3 Å². The third kappa shape index (κ3) is 3.35. The van der Waals surface area contributed by atoms with Crippen LogP contribution < -0.4 is 0 Å². The minimum atomic E-state index is -0.933. The second-order valence-electron chi connectivity index (χ2n) is 4.79. The van der Waals surface area contributed by atoms with Crippen LogP contribution in [0.1, 0.15) is 35.0 Å². The Morgan fingerprint density at radius 1 is 1.15 bits per heavy atom. The second kappa shape index (κ2) is 6.19. The third-order valence-electron chi connectivity index (χ3n) is 3.23. The zero-order valence-electron chi connectivity index (χ0n) is 11.4. The molecular weight excluding hydrogens is 254 g/mol. The molecule has 104 valence electrons. The van der Waals surface area contributed by atoms with Crippen molar-refractivity contribution >= 4 is 11.8 Å². The van der Waals surface area contributed by atoms with E-state index in [1.54, 1.807) is 19.2 Å². The van der Waals surface area contributed by atoms with Crippen molar-refractivity contribution < 1.29 is 14.7 Å². The fourth-order valence-electron chi connectivity index (χ4n) is 2.17. The molecule has 0 aliphatic heterocycles. The molecule has 0 aliphatic rings. The Bertz CT molecular complexity index is 614. The Balaban J connectivity index is 2.29. The number of nitrogens with zero attached hydrogens (tertiary/aromatic N) is 1. The highest BCUT2D eigenvalue weighted by Crippen LogP contribution is 2.17. The van der Waals surface area contributed by atoms with E-state index in [1.165, 1.54) is 0 Å². The van der Waals surface area contributed by atoms with Crippen LogP contribution in [0.15, 0.2) is 42.6 Å². The predicted octanol–water partition coefficient (Wildman–Crippen LogP) is 2.76. The Hall–Kier alpha value is -2.36. The van der Waals surface area contributed by atoms with Crippen molar-refractivity contribution in [2.24, 2.45) is 0 Å². The highest BCUT2D eigenvalue weighted by molar-refractivity contribution is 5.89. The average Bonchev–Trinajstić information content (AvgIpc) is 2.80. The molecule has 4 heteroatoms. The summed E-state index contributed by atoms with van der Waals surface area (Å²) in [5, 5.41) is 9.25. The van der Waals surface area contributed by atoms with Gasteiger partial charge in [0.05, 0.1) is 5.56 Å². The summed E-state index contributed by atoms with van der Waals surface area (Å²) in [6.45, 7) is 2.06. The maximum Gasteiger partial charge on any atom is 0.337 e. The molecule has 0 aliphatic carbocycles. The molecule has 0 spiro atoms. The number of aromatic nitrogens is 1. The molecule has 1 N–H and O–H groups in total. The number of hydrogen-bond donors (Lipinski definition) is 1. The number of Topliss-reactive ketones (excluding diaryl/α,β-unsaturated/α-hetero) is 1. The van der Waals surface area contributed by atoms with Crippen LogP contribution in [0.25, 0.3) is 0 Å². The van der Waals surface area contributed by atoms with E-state index in [0.29, 0.717) is 24.9 Å².